The molecular formula is C25H24N4O2. The number of pyridine rings is 1. The molecule has 1 aliphatic heterocycles. The van der Waals surface area contributed by atoms with E-state index in [1.165, 1.54) is 5.56 Å². The molecule has 156 valence electrons. The molecule has 1 saturated heterocycles. The summed E-state index contributed by atoms with van der Waals surface area (Å²) in [6, 6.07) is 14.3. The van der Waals surface area contributed by atoms with Crippen molar-refractivity contribution in [2.45, 2.75) is 32.6 Å². The average molecular weight is 412 g/mol. The first-order valence-corrected chi connectivity index (χ1v) is 10.6. The Kier molecular flexibility index (Phi) is 4.55. The first-order chi connectivity index (χ1) is 15.0. The lowest BCUT2D eigenvalue weighted by Crippen LogP contribution is -2.35. The van der Waals surface area contributed by atoms with E-state index in [0.717, 1.165) is 65.1 Å². The Morgan fingerprint density at radius 3 is 2.55 bits per heavy atom. The van der Waals surface area contributed by atoms with Gasteiger partial charge < -0.3 is 13.9 Å². The van der Waals surface area contributed by atoms with Crippen LogP contribution in [-0.2, 0) is 7.05 Å². The molecule has 0 amide bonds. The normalized spacial score (nSPS) is 15.0. The third-order valence-corrected chi connectivity index (χ3v) is 6.36. The first kappa shape index (κ1) is 19.4. The van der Waals surface area contributed by atoms with E-state index in [0.29, 0.717) is 0 Å². The maximum Gasteiger partial charge on any atom is 0.270 e. The summed E-state index contributed by atoms with van der Waals surface area (Å²) in [5.41, 5.74) is 5.56. The van der Waals surface area contributed by atoms with Gasteiger partial charge in [0.05, 0.1) is 11.2 Å². The van der Waals surface area contributed by atoms with Crippen molar-refractivity contribution in [1.29, 1.82) is 5.26 Å². The third-order valence-electron chi connectivity index (χ3n) is 6.36. The van der Waals surface area contributed by atoms with Gasteiger partial charge in [-0.2, -0.15) is 5.26 Å². The highest BCUT2D eigenvalue weighted by Gasteiger charge is 2.28. The van der Waals surface area contributed by atoms with Gasteiger partial charge in [0.25, 0.3) is 5.56 Å². The van der Waals surface area contributed by atoms with E-state index in [2.05, 4.69) is 17.9 Å². The molecule has 2 aromatic heterocycles. The van der Waals surface area contributed by atoms with Crippen molar-refractivity contribution in [2.75, 3.05) is 18.0 Å². The Morgan fingerprint density at radius 2 is 1.81 bits per heavy atom. The van der Waals surface area contributed by atoms with E-state index in [9.17, 15) is 10.1 Å². The topological polar surface area (TPSA) is 75.1 Å². The highest BCUT2D eigenvalue weighted by molar-refractivity contribution is 5.95. The number of piperidine rings is 1. The van der Waals surface area contributed by atoms with E-state index < -0.39 is 0 Å². The largest absolute Gasteiger partial charge is 0.440 e. The van der Waals surface area contributed by atoms with E-state index in [4.69, 9.17) is 9.40 Å². The molecule has 0 unspecified atom stereocenters. The molecule has 3 heterocycles. The van der Waals surface area contributed by atoms with Gasteiger partial charge in [-0.1, -0.05) is 18.2 Å². The summed E-state index contributed by atoms with van der Waals surface area (Å²) in [4.78, 5) is 19.8. The average Bonchev–Trinajstić information content (AvgIpc) is 3.19. The van der Waals surface area contributed by atoms with Crippen molar-refractivity contribution in [3.63, 3.8) is 0 Å². The van der Waals surface area contributed by atoms with Crippen LogP contribution in [0.5, 0.6) is 0 Å². The fourth-order valence-electron chi connectivity index (χ4n) is 4.64. The van der Waals surface area contributed by atoms with Crippen LogP contribution < -0.4 is 10.5 Å². The van der Waals surface area contributed by atoms with Crippen molar-refractivity contribution in [2.24, 2.45) is 7.05 Å². The summed E-state index contributed by atoms with van der Waals surface area (Å²) >= 11 is 0. The van der Waals surface area contributed by atoms with Crippen molar-refractivity contribution in [3.05, 3.63) is 69.3 Å². The summed E-state index contributed by atoms with van der Waals surface area (Å²) in [5, 5.41) is 10.7. The second-order valence-electron chi connectivity index (χ2n) is 8.50. The molecule has 31 heavy (non-hydrogen) atoms. The van der Waals surface area contributed by atoms with E-state index in [1.807, 2.05) is 43.3 Å². The Hall–Kier alpha value is -3.59. The summed E-state index contributed by atoms with van der Waals surface area (Å²) in [7, 11) is 1.73. The standard InChI is InChI=1S/C25H24N4O2/c1-15-5-7-22-20(12-15)27-24(31-22)17-8-10-29(11-9-17)23-18-6-4-16(2)13-21(18)28(3)25(30)19(23)14-26/h4-7,12-13,17H,8-11H2,1-3H3. The maximum absolute atomic E-state index is 12.9. The van der Waals surface area contributed by atoms with Crippen LogP contribution >= 0.6 is 0 Å². The molecule has 2 aromatic carbocycles. The van der Waals surface area contributed by atoms with Crippen LogP contribution in [-0.4, -0.2) is 22.6 Å². The summed E-state index contributed by atoms with van der Waals surface area (Å²) < 4.78 is 7.61. The molecule has 0 atom stereocenters. The Labute approximate surface area is 180 Å². The molecular weight excluding hydrogens is 388 g/mol. The lowest BCUT2D eigenvalue weighted by molar-refractivity contribution is 0.407. The number of oxazole rings is 1. The van der Waals surface area contributed by atoms with Gasteiger partial charge in [-0.15, -0.1) is 0 Å². The molecule has 1 aliphatic rings. The van der Waals surface area contributed by atoms with Gasteiger partial charge in [-0.05, 0) is 56.0 Å². The van der Waals surface area contributed by atoms with E-state index in [1.54, 1.807) is 11.6 Å². The van der Waals surface area contributed by atoms with Gasteiger partial charge in [0.2, 0.25) is 0 Å². The number of rotatable bonds is 2. The number of aryl methyl sites for hydroxylation is 3. The SMILES string of the molecule is Cc1ccc2oc(C3CCN(c4c(C#N)c(=O)n(C)c5cc(C)ccc45)CC3)nc2c1. The number of hydrogen-bond acceptors (Lipinski definition) is 5. The second-order valence-corrected chi connectivity index (χ2v) is 8.50. The Bertz CT molecular complexity index is 1420. The number of nitrogens with zero attached hydrogens (tertiary/aromatic N) is 4. The van der Waals surface area contributed by atoms with Crippen molar-refractivity contribution < 1.29 is 4.42 Å². The molecule has 0 bridgehead atoms. The third kappa shape index (κ3) is 3.17. The number of fused-ring (bicyclic) bond motifs is 2. The molecule has 0 radical (unpaired) electrons. The first-order valence-electron chi connectivity index (χ1n) is 10.6. The number of aromatic nitrogens is 2. The lowest BCUT2D eigenvalue weighted by atomic mass is 9.95. The second kappa shape index (κ2) is 7.28. The number of anilines is 1. The van der Waals surface area contributed by atoms with Crippen LogP contribution in [0, 0.1) is 25.2 Å². The van der Waals surface area contributed by atoms with Crippen LogP contribution in [0.4, 0.5) is 5.69 Å². The van der Waals surface area contributed by atoms with Gasteiger partial charge in [-0.25, -0.2) is 4.98 Å². The molecule has 0 N–H and O–H groups in total. The molecule has 0 spiro atoms. The molecule has 0 aliphatic carbocycles. The number of hydrogen-bond donors (Lipinski definition) is 0. The Balaban J connectivity index is 1.49. The highest BCUT2D eigenvalue weighted by atomic mass is 16.3. The minimum absolute atomic E-state index is 0.217. The predicted molar refractivity (Wildman–Crippen MR) is 122 cm³/mol. The fourth-order valence-corrected chi connectivity index (χ4v) is 4.64. The van der Waals surface area contributed by atoms with Crippen LogP contribution in [0.25, 0.3) is 22.0 Å². The Morgan fingerprint density at radius 1 is 1.10 bits per heavy atom. The van der Waals surface area contributed by atoms with Gasteiger partial charge in [0.15, 0.2) is 11.5 Å². The highest BCUT2D eigenvalue weighted by Crippen LogP contribution is 2.35. The zero-order chi connectivity index (χ0) is 21.7. The number of benzene rings is 2. The predicted octanol–water partition coefficient (Wildman–Crippen LogP) is 4.55. The summed E-state index contributed by atoms with van der Waals surface area (Å²) in [5.74, 6) is 1.01. The maximum atomic E-state index is 12.9. The van der Waals surface area contributed by atoms with Crippen LogP contribution in [0.1, 0.15) is 41.3 Å². The van der Waals surface area contributed by atoms with Gasteiger partial charge in [0.1, 0.15) is 17.1 Å². The van der Waals surface area contributed by atoms with Gasteiger partial charge >= 0.3 is 0 Å². The molecule has 0 saturated carbocycles. The molecule has 5 rings (SSSR count). The number of nitriles is 1. The van der Waals surface area contributed by atoms with Gasteiger partial charge in [0, 0.05) is 31.4 Å². The minimum Gasteiger partial charge on any atom is -0.440 e. The van der Waals surface area contributed by atoms with Crippen LogP contribution in [0.3, 0.4) is 0 Å². The van der Waals surface area contributed by atoms with Crippen LogP contribution in [0.15, 0.2) is 45.6 Å². The molecule has 4 aromatic rings. The van der Waals surface area contributed by atoms with E-state index in [-0.39, 0.29) is 17.0 Å². The van der Waals surface area contributed by atoms with Crippen molar-refractivity contribution in [3.8, 4) is 6.07 Å². The zero-order valence-electron chi connectivity index (χ0n) is 18.0. The van der Waals surface area contributed by atoms with E-state index >= 15 is 0 Å². The monoisotopic (exact) mass is 412 g/mol. The minimum atomic E-state index is -0.243. The molecule has 1 fully saturated rings. The zero-order valence-corrected chi connectivity index (χ0v) is 18.0. The quantitative estimate of drug-likeness (QED) is 0.483. The van der Waals surface area contributed by atoms with Crippen molar-refractivity contribution in [1.82, 2.24) is 9.55 Å². The van der Waals surface area contributed by atoms with Crippen LogP contribution in [0.2, 0.25) is 0 Å². The summed E-state index contributed by atoms with van der Waals surface area (Å²) in [6.45, 7) is 5.55. The smallest absolute Gasteiger partial charge is 0.270 e. The summed E-state index contributed by atoms with van der Waals surface area (Å²) in [6.07, 6.45) is 1.72. The van der Waals surface area contributed by atoms with Crippen molar-refractivity contribution >= 4 is 27.7 Å². The molecule has 6 nitrogen and oxygen atoms in total. The lowest BCUT2D eigenvalue weighted by Gasteiger charge is -2.33. The fraction of sp³-hybridized carbons (Fsp3) is 0.320. The molecule has 6 heteroatoms. The van der Waals surface area contributed by atoms with Gasteiger partial charge in [-0.3, -0.25) is 4.79 Å².